The fourth-order valence-electron chi connectivity index (χ4n) is 3.28. The molecular weight excluding hydrogens is 400 g/mol. The molecule has 0 bridgehead atoms. The number of nitrogens with zero attached hydrogens (tertiary/aromatic N) is 2. The summed E-state index contributed by atoms with van der Waals surface area (Å²) in [6.07, 6.45) is 0. The van der Waals surface area contributed by atoms with Crippen LogP contribution >= 0.6 is 11.6 Å². The minimum atomic E-state index is -1.08. The number of carbonyl (C=O) groups is 1. The number of carboxylic acid groups (broad SMARTS) is 1. The summed E-state index contributed by atoms with van der Waals surface area (Å²) in [6.45, 7) is 2.20. The second-order valence-electron chi connectivity index (χ2n) is 6.76. The monoisotopic (exact) mass is 418 g/mol. The van der Waals surface area contributed by atoms with E-state index < -0.39 is 5.97 Å². The Bertz CT molecular complexity index is 1190. The Kier molecular flexibility index (Phi) is 5.55. The maximum absolute atomic E-state index is 11.7. The van der Waals surface area contributed by atoms with E-state index in [1.807, 2.05) is 72.8 Å². The molecule has 4 rings (SSSR count). The van der Waals surface area contributed by atoms with Crippen molar-refractivity contribution in [1.82, 2.24) is 9.55 Å². The van der Waals surface area contributed by atoms with Crippen LogP contribution in [0.25, 0.3) is 17.1 Å². The summed E-state index contributed by atoms with van der Waals surface area (Å²) in [5.74, 6) is 0.119. The summed E-state index contributed by atoms with van der Waals surface area (Å²) in [4.78, 5) is 16.0. The largest absolute Gasteiger partial charge is 0.489 e. The number of aromatic carboxylic acids is 1. The predicted molar refractivity (Wildman–Crippen MR) is 116 cm³/mol. The molecule has 150 valence electrons. The van der Waals surface area contributed by atoms with Crippen molar-refractivity contribution < 1.29 is 14.6 Å². The van der Waals surface area contributed by atoms with E-state index in [1.54, 1.807) is 17.6 Å². The SMILES string of the molecule is Cc1c(C(=O)O)nc(-c2ccccc2Cl)n1-c1ccc(OCc2ccccc2)cc1. The Morgan fingerprint density at radius 1 is 1.00 bits per heavy atom. The van der Waals surface area contributed by atoms with Crippen molar-refractivity contribution in [1.29, 1.82) is 0 Å². The number of rotatable bonds is 6. The van der Waals surface area contributed by atoms with E-state index >= 15 is 0 Å². The molecule has 0 aliphatic heterocycles. The molecule has 4 aromatic rings. The number of aromatic nitrogens is 2. The standard InChI is InChI=1S/C24H19ClN2O3/c1-16-22(24(28)29)26-23(20-9-5-6-10-21(20)25)27(16)18-11-13-19(14-12-18)30-15-17-7-3-2-4-8-17/h2-14H,15H2,1H3,(H,28,29). The van der Waals surface area contributed by atoms with E-state index in [4.69, 9.17) is 16.3 Å². The first kappa shape index (κ1) is 19.7. The van der Waals surface area contributed by atoms with Gasteiger partial charge in [-0.1, -0.05) is 54.1 Å². The number of carboxylic acids is 1. The van der Waals surface area contributed by atoms with Gasteiger partial charge in [0.25, 0.3) is 0 Å². The van der Waals surface area contributed by atoms with E-state index in [0.29, 0.717) is 28.7 Å². The first-order valence-corrected chi connectivity index (χ1v) is 9.77. The van der Waals surface area contributed by atoms with Crippen LogP contribution in [0.15, 0.2) is 78.9 Å². The van der Waals surface area contributed by atoms with Crippen LogP contribution in [-0.2, 0) is 6.61 Å². The molecule has 0 amide bonds. The number of benzene rings is 3. The van der Waals surface area contributed by atoms with Gasteiger partial charge < -0.3 is 9.84 Å². The number of halogens is 1. The first-order valence-electron chi connectivity index (χ1n) is 9.39. The lowest BCUT2D eigenvalue weighted by atomic mass is 10.2. The second kappa shape index (κ2) is 8.43. The third-order valence-electron chi connectivity index (χ3n) is 4.77. The fourth-order valence-corrected chi connectivity index (χ4v) is 3.50. The van der Waals surface area contributed by atoms with E-state index in [-0.39, 0.29) is 5.69 Å². The van der Waals surface area contributed by atoms with Crippen molar-refractivity contribution in [3.8, 4) is 22.8 Å². The van der Waals surface area contributed by atoms with Crippen LogP contribution < -0.4 is 4.74 Å². The van der Waals surface area contributed by atoms with Crippen molar-refractivity contribution in [2.75, 3.05) is 0 Å². The molecule has 1 heterocycles. The first-order chi connectivity index (χ1) is 14.5. The van der Waals surface area contributed by atoms with Crippen molar-refractivity contribution in [2.45, 2.75) is 13.5 Å². The number of hydrogen-bond acceptors (Lipinski definition) is 3. The molecule has 1 N–H and O–H groups in total. The van der Waals surface area contributed by atoms with Gasteiger partial charge in [0, 0.05) is 11.3 Å². The molecule has 0 unspecified atom stereocenters. The minimum Gasteiger partial charge on any atom is -0.489 e. The molecule has 0 aliphatic carbocycles. The lowest BCUT2D eigenvalue weighted by Gasteiger charge is -2.12. The minimum absolute atomic E-state index is 0.00526. The molecule has 3 aromatic carbocycles. The second-order valence-corrected chi connectivity index (χ2v) is 7.17. The summed E-state index contributed by atoms with van der Waals surface area (Å²) < 4.78 is 7.65. The third-order valence-corrected chi connectivity index (χ3v) is 5.10. The number of imidazole rings is 1. The lowest BCUT2D eigenvalue weighted by molar-refractivity contribution is 0.0690. The molecule has 6 heteroatoms. The quantitative estimate of drug-likeness (QED) is 0.431. The van der Waals surface area contributed by atoms with Crippen LogP contribution in [0.4, 0.5) is 0 Å². The fraction of sp³-hybridized carbons (Fsp3) is 0.0833. The maximum atomic E-state index is 11.7. The van der Waals surface area contributed by atoms with Crippen LogP contribution in [-0.4, -0.2) is 20.6 Å². The molecule has 0 radical (unpaired) electrons. The van der Waals surface area contributed by atoms with E-state index in [2.05, 4.69) is 4.98 Å². The van der Waals surface area contributed by atoms with Gasteiger partial charge >= 0.3 is 5.97 Å². The topological polar surface area (TPSA) is 64.3 Å². The molecule has 0 atom stereocenters. The molecule has 0 aliphatic rings. The lowest BCUT2D eigenvalue weighted by Crippen LogP contribution is -2.03. The molecular formula is C24H19ClN2O3. The average molecular weight is 419 g/mol. The summed E-state index contributed by atoms with van der Waals surface area (Å²) >= 11 is 6.36. The van der Waals surface area contributed by atoms with Crippen LogP contribution in [0.1, 0.15) is 21.7 Å². The Morgan fingerprint density at radius 2 is 1.67 bits per heavy atom. The molecule has 0 saturated heterocycles. The molecule has 1 aromatic heterocycles. The zero-order valence-corrected chi connectivity index (χ0v) is 17.0. The van der Waals surface area contributed by atoms with Gasteiger partial charge in [-0.3, -0.25) is 4.57 Å². The molecule has 5 nitrogen and oxygen atoms in total. The highest BCUT2D eigenvalue weighted by molar-refractivity contribution is 6.33. The van der Waals surface area contributed by atoms with Gasteiger partial charge in [0.2, 0.25) is 0 Å². The summed E-state index contributed by atoms with van der Waals surface area (Å²) in [6, 6.07) is 24.6. The van der Waals surface area contributed by atoms with Gasteiger partial charge in [-0.2, -0.15) is 0 Å². The van der Waals surface area contributed by atoms with Crippen molar-refractivity contribution in [3.05, 3.63) is 101 Å². The van der Waals surface area contributed by atoms with Gasteiger partial charge in [0.15, 0.2) is 5.69 Å². The molecule has 30 heavy (non-hydrogen) atoms. The third kappa shape index (κ3) is 3.93. The Labute approximate surface area is 179 Å². The van der Waals surface area contributed by atoms with Crippen LogP contribution in [0.3, 0.4) is 0 Å². The highest BCUT2D eigenvalue weighted by atomic mass is 35.5. The Hall–Kier alpha value is -3.57. The van der Waals surface area contributed by atoms with Gasteiger partial charge in [-0.25, -0.2) is 9.78 Å². The van der Waals surface area contributed by atoms with Crippen molar-refractivity contribution in [2.24, 2.45) is 0 Å². The molecule has 0 fully saturated rings. The van der Waals surface area contributed by atoms with Gasteiger partial charge in [-0.15, -0.1) is 0 Å². The summed E-state index contributed by atoms with van der Waals surface area (Å²) in [5.41, 5.74) is 3.04. The smallest absolute Gasteiger partial charge is 0.356 e. The average Bonchev–Trinajstić information content (AvgIpc) is 3.11. The maximum Gasteiger partial charge on any atom is 0.356 e. The normalized spacial score (nSPS) is 10.7. The van der Waals surface area contributed by atoms with Gasteiger partial charge in [0.1, 0.15) is 18.2 Å². The number of hydrogen-bond donors (Lipinski definition) is 1. The number of ether oxygens (including phenoxy) is 1. The molecule has 0 spiro atoms. The highest BCUT2D eigenvalue weighted by Gasteiger charge is 2.22. The van der Waals surface area contributed by atoms with Crippen molar-refractivity contribution >= 4 is 17.6 Å². The highest BCUT2D eigenvalue weighted by Crippen LogP contribution is 2.32. The van der Waals surface area contributed by atoms with Gasteiger partial charge in [0.05, 0.1) is 10.7 Å². The van der Waals surface area contributed by atoms with Crippen molar-refractivity contribution in [3.63, 3.8) is 0 Å². The van der Waals surface area contributed by atoms with E-state index in [1.165, 1.54) is 0 Å². The predicted octanol–water partition coefficient (Wildman–Crippen LogP) is 5.78. The van der Waals surface area contributed by atoms with Crippen LogP contribution in [0, 0.1) is 6.92 Å². The zero-order chi connectivity index (χ0) is 21.1. The van der Waals surface area contributed by atoms with E-state index in [0.717, 1.165) is 17.0 Å². The van der Waals surface area contributed by atoms with Crippen LogP contribution in [0.5, 0.6) is 5.75 Å². The summed E-state index contributed by atoms with van der Waals surface area (Å²) in [7, 11) is 0. The summed E-state index contributed by atoms with van der Waals surface area (Å²) in [5, 5.41) is 10.1. The molecule has 0 saturated carbocycles. The van der Waals surface area contributed by atoms with Crippen LogP contribution in [0.2, 0.25) is 5.02 Å². The Balaban J connectivity index is 1.69. The Morgan fingerprint density at radius 3 is 2.33 bits per heavy atom. The van der Waals surface area contributed by atoms with E-state index in [9.17, 15) is 9.90 Å². The van der Waals surface area contributed by atoms with Gasteiger partial charge in [-0.05, 0) is 48.9 Å². The zero-order valence-electron chi connectivity index (χ0n) is 16.2.